The van der Waals surface area contributed by atoms with Crippen LogP contribution in [0.4, 0.5) is 17.1 Å². The Hall–Kier alpha value is -7.36. The summed E-state index contributed by atoms with van der Waals surface area (Å²) in [6, 6.07) is -34.6. The molecule has 0 bridgehead atoms. The SMILES string of the molecule is [2H]c1c([2H])c([2H])c(-c2c([2H])c([2H])c(N(c3c([2H])c([2H])c(-c4c([2H])c([2H])c([2H])c([2H])c4[2H])c([2H])c3[2H])c3c([2H])c([2H])c(-c4c([2H])c([2H])c([2H])c5c4oc4c([2H])c([2H])c([2H])c([2H])c45)c4oc5c6c([2H])c([2H])c([2H])c([2H])c6c([2H])c([2H])c5c34)c([2H])c2[2H])c([2H])c1[2H]. The summed E-state index contributed by atoms with van der Waals surface area (Å²) in [5.74, 6) is 0. The molecular formula is C52H33NO2. The summed E-state index contributed by atoms with van der Waals surface area (Å²) in [6.45, 7) is 0. The van der Waals surface area contributed by atoms with Gasteiger partial charge in [0.05, 0.1) is 56.3 Å². The summed E-state index contributed by atoms with van der Waals surface area (Å²) >= 11 is 0. The van der Waals surface area contributed by atoms with Crippen LogP contribution >= 0.6 is 0 Å². The van der Waals surface area contributed by atoms with Crippen molar-refractivity contribution >= 4 is 71.7 Å². The summed E-state index contributed by atoms with van der Waals surface area (Å²) in [7, 11) is 0. The van der Waals surface area contributed by atoms with E-state index in [9.17, 15) is 19.2 Å². The number of anilines is 3. The molecule has 11 aromatic rings. The molecule has 3 heteroatoms. The van der Waals surface area contributed by atoms with Crippen LogP contribution in [0.15, 0.2) is 208 Å². The van der Waals surface area contributed by atoms with Gasteiger partial charge in [-0.3, -0.25) is 0 Å². The second kappa shape index (κ2) is 12.6. The molecule has 0 fully saturated rings. The largest absolute Gasteiger partial charge is 0.455 e. The molecule has 9 aromatic carbocycles. The van der Waals surface area contributed by atoms with Crippen LogP contribution in [0, 0.1) is 0 Å². The Bertz CT molecular complexity index is 4890. The van der Waals surface area contributed by atoms with Crippen molar-refractivity contribution in [3.8, 4) is 33.4 Å². The number of para-hydroxylation sites is 2. The third-order valence-electron chi connectivity index (χ3n) is 8.49. The average molecular weight is 737 g/mol. The Kier molecular flexibility index (Phi) is 2.90. The quantitative estimate of drug-likeness (QED) is 0.170. The molecule has 2 aromatic heterocycles. The highest BCUT2D eigenvalue weighted by Gasteiger charge is 2.24. The zero-order valence-electron chi connectivity index (χ0n) is 60.3. The fraction of sp³-hybridized carbons (Fsp3) is 0. The summed E-state index contributed by atoms with van der Waals surface area (Å²) < 4.78 is 311. The molecule has 0 spiro atoms. The van der Waals surface area contributed by atoms with Crippen molar-refractivity contribution in [3.05, 3.63) is 199 Å². The van der Waals surface area contributed by atoms with Gasteiger partial charge in [-0.05, 0) is 76.0 Å². The van der Waals surface area contributed by atoms with E-state index in [0.29, 0.717) is 4.90 Å². The maximum absolute atomic E-state index is 10.2. The second-order valence-electron chi connectivity index (χ2n) is 11.5. The fourth-order valence-corrected chi connectivity index (χ4v) is 6.09. The summed E-state index contributed by atoms with van der Waals surface area (Å²) in [5.41, 5.74) is -12.0. The van der Waals surface area contributed by atoms with E-state index in [2.05, 4.69) is 0 Å². The minimum atomic E-state index is -1.33. The molecule has 0 unspecified atom stereocenters. The van der Waals surface area contributed by atoms with Crippen molar-refractivity contribution in [2.45, 2.75) is 0 Å². The van der Waals surface area contributed by atoms with Crippen molar-refractivity contribution < 1.29 is 54.1 Å². The predicted molar refractivity (Wildman–Crippen MR) is 229 cm³/mol. The van der Waals surface area contributed by atoms with Gasteiger partial charge >= 0.3 is 0 Å². The number of fused-ring (bicyclic) bond motifs is 8. The van der Waals surface area contributed by atoms with E-state index in [1.54, 1.807) is 0 Å². The molecular weight excluding hydrogens is 671 g/mol. The van der Waals surface area contributed by atoms with Gasteiger partial charge in [0.25, 0.3) is 0 Å². The lowest BCUT2D eigenvalue weighted by Crippen LogP contribution is -2.10. The first-order valence-electron chi connectivity index (χ1n) is 32.5. The van der Waals surface area contributed by atoms with Crippen LogP contribution in [-0.4, -0.2) is 0 Å². The number of nitrogens with zero attached hydrogens (tertiary/aromatic N) is 1. The van der Waals surface area contributed by atoms with Crippen LogP contribution in [0.3, 0.4) is 0 Å². The van der Waals surface area contributed by atoms with Crippen molar-refractivity contribution in [3.63, 3.8) is 0 Å². The zero-order valence-corrected chi connectivity index (χ0v) is 27.3. The van der Waals surface area contributed by atoms with Crippen LogP contribution in [0.5, 0.6) is 0 Å². The molecule has 11 rings (SSSR count). The van der Waals surface area contributed by atoms with E-state index in [4.69, 9.17) is 34.9 Å². The number of furan rings is 2. The van der Waals surface area contributed by atoms with Crippen molar-refractivity contribution in [2.75, 3.05) is 4.90 Å². The molecule has 0 atom stereocenters. The van der Waals surface area contributed by atoms with Gasteiger partial charge < -0.3 is 13.7 Å². The van der Waals surface area contributed by atoms with E-state index < -0.39 is 304 Å². The lowest BCUT2D eigenvalue weighted by molar-refractivity contribution is 0.666. The lowest BCUT2D eigenvalue weighted by atomic mass is 9.97. The van der Waals surface area contributed by atoms with Gasteiger partial charge in [-0.15, -0.1) is 0 Å². The maximum atomic E-state index is 10.2. The molecule has 0 saturated carbocycles. The highest BCUT2D eigenvalue weighted by Crippen LogP contribution is 2.49. The molecule has 0 aliphatic heterocycles. The monoisotopic (exact) mass is 736 g/mol. The van der Waals surface area contributed by atoms with E-state index >= 15 is 0 Å². The molecule has 258 valence electrons. The van der Waals surface area contributed by atoms with Crippen molar-refractivity contribution in [1.29, 1.82) is 0 Å². The molecule has 0 amide bonds. The number of benzene rings is 9. The maximum Gasteiger partial charge on any atom is 0.145 e. The minimum Gasteiger partial charge on any atom is -0.455 e. The molecule has 55 heavy (non-hydrogen) atoms. The number of hydrogen-bond acceptors (Lipinski definition) is 3. The summed E-state index contributed by atoms with van der Waals surface area (Å²) in [6.07, 6.45) is 0. The third kappa shape index (κ3) is 5.13. The molecule has 0 aliphatic rings. The Balaban J connectivity index is 1.44. The highest BCUT2D eigenvalue weighted by atomic mass is 16.3. The van der Waals surface area contributed by atoms with Gasteiger partial charge in [-0.2, -0.15) is 0 Å². The van der Waals surface area contributed by atoms with E-state index in [-0.39, 0.29) is 0 Å². The van der Waals surface area contributed by atoms with Gasteiger partial charge in [0.2, 0.25) is 0 Å². The Morgan fingerprint density at radius 2 is 0.909 bits per heavy atom. The highest BCUT2D eigenvalue weighted by molar-refractivity contribution is 6.23. The molecule has 0 radical (unpaired) electrons. The number of hydrogen-bond donors (Lipinski definition) is 0. The van der Waals surface area contributed by atoms with Crippen LogP contribution in [0.1, 0.15) is 45.2 Å². The Morgan fingerprint density at radius 1 is 0.345 bits per heavy atom. The Labute approximate surface area is 364 Å². The van der Waals surface area contributed by atoms with Crippen LogP contribution in [0.25, 0.3) is 88.0 Å². The summed E-state index contributed by atoms with van der Waals surface area (Å²) in [5, 5.41) is -4.07. The molecule has 3 nitrogen and oxygen atoms in total. The Morgan fingerprint density at radius 3 is 1.60 bits per heavy atom. The van der Waals surface area contributed by atoms with Gasteiger partial charge in [0, 0.05) is 44.0 Å². The van der Waals surface area contributed by atoms with Crippen LogP contribution < -0.4 is 4.90 Å². The smallest absolute Gasteiger partial charge is 0.145 e. The average Bonchev–Trinajstić information content (AvgIpc) is 1.37. The standard InChI is InChI=1S/C52H33NO2/c1-3-12-34(13-4-1)36-22-27-39(28-23-36)53(40-29-24-37(25-30-40)35-14-5-2-6-15-35)47-33-32-45(44-20-11-19-43-42-18-9-10-21-48(42)54-51(43)44)52-49(47)46-31-26-38-16-7-8-17-41(38)50(46)55-52/h1-33H/i1D,2D,3D,4D,5D,6D,7D,8D,9D,10D,11D,12D,13D,14D,15D,16D,17D,18D,19D,20D,21D,22D,23D,24D,25D,26D,27D,28D,29D,30D,31D,32D,33D. The molecule has 0 N–H and O–H groups in total. The van der Waals surface area contributed by atoms with Gasteiger partial charge in [0.1, 0.15) is 22.3 Å². The van der Waals surface area contributed by atoms with Gasteiger partial charge in [-0.25, -0.2) is 0 Å². The fourth-order valence-electron chi connectivity index (χ4n) is 6.09. The minimum absolute atomic E-state index is 0.347. The first kappa shape index (κ1) is 12.6. The predicted octanol–water partition coefficient (Wildman–Crippen LogP) is 15.1. The van der Waals surface area contributed by atoms with Crippen molar-refractivity contribution in [2.24, 2.45) is 0 Å². The first-order valence-corrected chi connectivity index (χ1v) is 16.0. The summed E-state index contributed by atoms with van der Waals surface area (Å²) in [4.78, 5) is 0.347. The normalized spacial score (nSPS) is 20.0. The van der Waals surface area contributed by atoms with Crippen LogP contribution in [-0.2, 0) is 0 Å². The van der Waals surface area contributed by atoms with Gasteiger partial charge in [0.15, 0.2) is 0 Å². The van der Waals surface area contributed by atoms with Crippen molar-refractivity contribution in [1.82, 2.24) is 0 Å². The van der Waals surface area contributed by atoms with Gasteiger partial charge in [-0.1, -0.05) is 151 Å². The molecule has 0 aliphatic carbocycles. The zero-order chi connectivity index (χ0) is 65.0. The van der Waals surface area contributed by atoms with E-state index in [0.717, 1.165) is 0 Å². The van der Waals surface area contributed by atoms with E-state index in [1.807, 2.05) is 0 Å². The number of rotatable bonds is 6. The van der Waals surface area contributed by atoms with Crippen LogP contribution in [0.2, 0.25) is 0 Å². The molecule has 0 saturated heterocycles. The topological polar surface area (TPSA) is 29.5 Å². The lowest BCUT2D eigenvalue weighted by Gasteiger charge is -2.27. The second-order valence-corrected chi connectivity index (χ2v) is 11.5. The first-order chi connectivity index (χ1) is 41.0. The van der Waals surface area contributed by atoms with E-state index in [1.165, 1.54) is 0 Å². The molecule has 2 heterocycles. The third-order valence-corrected chi connectivity index (χ3v) is 8.49.